The summed E-state index contributed by atoms with van der Waals surface area (Å²) in [7, 11) is -8.02. The Morgan fingerprint density at radius 2 is 1.39 bits per heavy atom. The molecule has 0 unspecified atom stereocenters. The quantitative estimate of drug-likeness (QED) is 0.0540. The fourth-order valence-corrected chi connectivity index (χ4v) is 4.12. The van der Waals surface area contributed by atoms with Crippen LogP contribution in [0.1, 0.15) is 26.3 Å². The van der Waals surface area contributed by atoms with Gasteiger partial charge in [-0.3, -0.25) is 0 Å². The van der Waals surface area contributed by atoms with E-state index in [4.69, 9.17) is 34.9 Å². The Hall–Kier alpha value is -2.04. The summed E-state index contributed by atoms with van der Waals surface area (Å²) in [4.78, 5) is 5.29. The summed E-state index contributed by atoms with van der Waals surface area (Å²) in [5.74, 6) is -1.13. The molecule has 22 heteroatoms. The van der Waals surface area contributed by atoms with Gasteiger partial charge in [0.05, 0.1) is 0 Å². The summed E-state index contributed by atoms with van der Waals surface area (Å²) < 4.78 is 145. The summed E-state index contributed by atoms with van der Waals surface area (Å²) in [5.41, 5.74) is -7.35. The van der Waals surface area contributed by atoms with Crippen LogP contribution in [0.15, 0.2) is 54.7 Å². The molecule has 2 aromatic carbocycles. The molecule has 0 saturated carbocycles. The summed E-state index contributed by atoms with van der Waals surface area (Å²) in [6, 6.07) is 17.0. The van der Waals surface area contributed by atoms with Crippen molar-refractivity contribution in [2.45, 2.75) is 37.2 Å². The molecule has 284 valence electrons. The Balaban J connectivity index is -0.000000801. The van der Waals surface area contributed by atoms with Crippen LogP contribution in [-0.4, -0.2) is 53.4 Å². The van der Waals surface area contributed by atoms with Crippen LogP contribution in [0.3, 0.4) is 0 Å². The van der Waals surface area contributed by atoms with Crippen LogP contribution >= 0.6 is 11.3 Å². The predicted octanol–water partition coefficient (Wildman–Crippen LogP) is 6.97. The van der Waals surface area contributed by atoms with Crippen LogP contribution in [0.5, 0.6) is 0 Å². The van der Waals surface area contributed by atoms with Crippen LogP contribution in [0.2, 0.25) is 0 Å². The third-order valence-electron chi connectivity index (χ3n) is 5.05. The molecular weight excluding hydrogens is 1010 g/mol. The van der Waals surface area contributed by atoms with Crippen molar-refractivity contribution < 1.29 is 111 Å². The third-order valence-corrected chi connectivity index (χ3v) is 7.13. The topological polar surface area (TPSA) is 162 Å². The normalized spacial score (nSPS) is 11.0. The van der Waals surface area contributed by atoms with Gasteiger partial charge in [0.1, 0.15) is 11.6 Å². The number of alkyl halides is 6. The van der Waals surface area contributed by atoms with E-state index in [1.807, 2.05) is 24.3 Å². The zero-order chi connectivity index (χ0) is 38.3. The number of halogens is 8. The van der Waals surface area contributed by atoms with E-state index >= 15 is 0 Å². The van der Waals surface area contributed by atoms with Gasteiger partial charge < -0.3 is 28.2 Å². The molecule has 2 heterocycles. The molecule has 0 aliphatic heterocycles. The number of aliphatic hydroxyl groups excluding tert-OH is 2. The van der Waals surface area contributed by atoms with Gasteiger partial charge in [-0.15, -0.1) is 46.7 Å². The van der Waals surface area contributed by atoms with E-state index in [1.54, 1.807) is 27.2 Å². The zero-order valence-corrected chi connectivity index (χ0v) is 31.7. The van der Waals surface area contributed by atoms with Gasteiger partial charge >= 0.3 is 35.3 Å². The van der Waals surface area contributed by atoms with Crippen molar-refractivity contribution in [3.8, 4) is 21.7 Å². The Labute approximate surface area is 307 Å². The SMILES string of the molecule is CC(C)(C)c1c[c-]c(-c2nccc3sc(-c4ccc(F)cc4F)cc23)cc1.CO.CO.O=S(=O)([O-])C(F)(F)F.O=[S-](=O)C(F)(F)F.[Ir].[O]=[Ag]. The van der Waals surface area contributed by atoms with Gasteiger partial charge in [-0.25, -0.2) is 17.2 Å². The van der Waals surface area contributed by atoms with Crippen molar-refractivity contribution in [2.75, 3.05) is 14.2 Å². The molecule has 0 bridgehead atoms. The van der Waals surface area contributed by atoms with Gasteiger partial charge in [-0.05, 0) is 40.8 Å². The molecule has 4 rings (SSSR count). The average molecular weight is 1040 g/mol. The molecule has 4 aromatic rings. The molecule has 2 aromatic heterocycles. The molecule has 0 saturated heterocycles. The maximum atomic E-state index is 14.2. The molecular formula is C27H26AgF8IrNO8S3-3. The van der Waals surface area contributed by atoms with E-state index in [0.717, 1.165) is 46.5 Å². The summed E-state index contributed by atoms with van der Waals surface area (Å²) in [6.07, 6.45) is 1.75. The van der Waals surface area contributed by atoms with Crippen molar-refractivity contribution in [3.05, 3.63) is 78.0 Å². The second-order valence-electron chi connectivity index (χ2n) is 9.13. The fraction of sp³-hybridized carbons (Fsp3) is 0.296. The number of nitrogens with zero attached hydrogens (tertiary/aromatic N) is 1. The van der Waals surface area contributed by atoms with Crippen LogP contribution < -0.4 is 0 Å². The van der Waals surface area contributed by atoms with Crippen LogP contribution in [0, 0.1) is 17.7 Å². The number of hydrogen-bond donors (Lipinski definition) is 2. The number of aromatic nitrogens is 1. The first kappa shape index (κ1) is 51.3. The van der Waals surface area contributed by atoms with E-state index in [2.05, 4.69) is 37.9 Å². The number of hydrogen-bond acceptors (Lipinski definition) is 11. The Kier molecular flexibility index (Phi) is 23.8. The summed E-state index contributed by atoms with van der Waals surface area (Å²) >= 11 is 3.17. The van der Waals surface area contributed by atoms with Gasteiger partial charge in [-0.2, -0.15) is 26.3 Å². The molecule has 2 N–H and O–H groups in total. The molecule has 0 aliphatic carbocycles. The molecule has 49 heavy (non-hydrogen) atoms. The molecule has 0 atom stereocenters. The van der Waals surface area contributed by atoms with Gasteiger partial charge in [-0.1, -0.05) is 20.8 Å². The zero-order valence-electron chi connectivity index (χ0n) is 25.4. The second-order valence-corrected chi connectivity index (χ2v) is 12.5. The van der Waals surface area contributed by atoms with Crippen LogP contribution in [0.4, 0.5) is 35.1 Å². The molecule has 9 nitrogen and oxygen atoms in total. The van der Waals surface area contributed by atoms with E-state index in [-0.39, 0.29) is 25.5 Å². The van der Waals surface area contributed by atoms with Gasteiger partial charge in [0.15, 0.2) is 10.1 Å². The minimum atomic E-state index is -6.09. The maximum absolute atomic E-state index is 14.2. The van der Waals surface area contributed by atoms with E-state index in [0.29, 0.717) is 5.56 Å². The van der Waals surface area contributed by atoms with E-state index in [1.165, 1.54) is 29.0 Å². The molecule has 0 amide bonds. The van der Waals surface area contributed by atoms with Crippen molar-refractivity contribution in [2.24, 2.45) is 0 Å². The van der Waals surface area contributed by atoms with Gasteiger partial charge in [0.2, 0.25) is 0 Å². The first-order chi connectivity index (χ1) is 22.0. The van der Waals surface area contributed by atoms with Gasteiger partial charge in [0, 0.05) is 72.4 Å². The minimum absolute atomic E-state index is 0. The molecule has 0 fully saturated rings. The van der Waals surface area contributed by atoms with Crippen molar-refractivity contribution in [3.63, 3.8) is 0 Å². The standard InChI is InChI=1S/C23H18F2NS.CHF3O3S.CF3O2S.2CH4O.Ag.Ir.O/c1-23(2,3)15-6-4-14(5-7-15)22-18-13-21(27-20(18)10-11-26-22)17-9-8-16(24)12-19(17)25;2-1(3,4)8(5,6)7;2-1(3,4)7(5)6;2*1-2;;;/h4,6-13H,1-3H3;(H,5,6,7);;2*2H,1H3;;;/q-1;;-1;;;;;/p-1. The van der Waals surface area contributed by atoms with Crippen molar-refractivity contribution >= 4 is 42.2 Å². The Bertz CT molecular complexity index is 1760. The Morgan fingerprint density at radius 3 is 1.76 bits per heavy atom. The average Bonchev–Trinajstić information content (AvgIpc) is 3.43. The molecule has 1 radical (unpaired) electrons. The Morgan fingerprint density at radius 1 is 0.898 bits per heavy atom. The summed E-state index contributed by atoms with van der Waals surface area (Å²) in [6.45, 7) is 6.49. The second kappa shape index (κ2) is 22.7. The summed E-state index contributed by atoms with van der Waals surface area (Å²) in [5, 5.41) is 14.9. The monoisotopic (exact) mass is 1040 g/mol. The number of thiophene rings is 1. The molecule has 0 spiro atoms. The van der Waals surface area contributed by atoms with Crippen LogP contribution in [0.25, 0.3) is 31.8 Å². The fourth-order valence-electron chi connectivity index (χ4n) is 3.04. The van der Waals surface area contributed by atoms with Gasteiger partial charge in [0.25, 0.3) is 0 Å². The van der Waals surface area contributed by atoms with Crippen LogP contribution in [-0.2, 0) is 79.1 Å². The predicted molar refractivity (Wildman–Crippen MR) is 155 cm³/mol. The van der Waals surface area contributed by atoms with Crippen molar-refractivity contribution in [1.82, 2.24) is 4.98 Å². The number of pyridine rings is 1. The number of rotatable bonds is 2. The van der Waals surface area contributed by atoms with E-state index in [9.17, 15) is 35.1 Å². The first-order valence-corrected chi connectivity index (χ1v) is 16.0. The van der Waals surface area contributed by atoms with Crippen molar-refractivity contribution in [1.29, 1.82) is 0 Å². The third kappa shape index (κ3) is 17.2. The van der Waals surface area contributed by atoms with E-state index < -0.39 is 43.5 Å². The number of fused-ring (bicyclic) bond motifs is 1. The first-order valence-electron chi connectivity index (χ1n) is 12.1. The molecule has 0 aliphatic rings. The number of benzene rings is 2. The number of aliphatic hydroxyl groups is 2.